The van der Waals surface area contributed by atoms with Crippen LogP contribution in [-0.2, 0) is 0 Å². The Morgan fingerprint density at radius 2 is 1.77 bits per heavy atom. The molecule has 72 valence electrons. The highest BCUT2D eigenvalue weighted by Gasteiger charge is 2.55. The van der Waals surface area contributed by atoms with E-state index in [1.54, 1.807) is 0 Å². The second-order valence-corrected chi connectivity index (χ2v) is 5.64. The van der Waals surface area contributed by atoms with Gasteiger partial charge in [-0.25, -0.2) is 0 Å². The van der Waals surface area contributed by atoms with Gasteiger partial charge in [-0.3, -0.25) is 0 Å². The molecule has 0 amide bonds. The molecule has 13 heavy (non-hydrogen) atoms. The highest BCUT2D eigenvalue weighted by molar-refractivity contribution is 5.08. The molecule has 4 saturated carbocycles. The quantitative estimate of drug-likeness (QED) is 0.569. The minimum atomic E-state index is -0.108. The summed E-state index contributed by atoms with van der Waals surface area (Å²) in [4.78, 5) is 10.9. The van der Waals surface area contributed by atoms with Crippen molar-refractivity contribution in [3.05, 3.63) is 4.91 Å². The third-order valence-electron chi connectivity index (χ3n) is 4.91. The molecule has 0 saturated heterocycles. The molecule has 0 aromatic rings. The van der Waals surface area contributed by atoms with Crippen LogP contribution >= 0.6 is 0 Å². The summed E-state index contributed by atoms with van der Waals surface area (Å²) >= 11 is 0. The highest BCUT2D eigenvalue weighted by Crippen LogP contribution is 2.59. The molecular formula is C11H17NO. The van der Waals surface area contributed by atoms with E-state index in [2.05, 4.69) is 12.1 Å². The third-order valence-corrected chi connectivity index (χ3v) is 4.91. The largest absolute Gasteiger partial charge is 0.150 e. The van der Waals surface area contributed by atoms with E-state index in [0.717, 1.165) is 42.9 Å². The van der Waals surface area contributed by atoms with Crippen LogP contribution in [0.1, 0.15) is 39.0 Å². The van der Waals surface area contributed by atoms with Crippen molar-refractivity contribution in [2.24, 2.45) is 28.8 Å². The Bertz CT molecular complexity index is 234. The summed E-state index contributed by atoms with van der Waals surface area (Å²) in [5.41, 5.74) is -0.108. The Balaban J connectivity index is 1.96. The maximum Gasteiger partial charge on any atom is 0.103 e. The van der Waals surface area contributed by atoms with Gasteiger partial charge in [-0.1, -0.05) is 12.1 Å². The van der Waals surface area contributed by atoms with Gasteiger partial charge in [0, 0.05) is 0 Å². The zero-order valence-corrected chi connectivity index (χ0v) is 8.20. The van der Waals surface area contributed by atoms with E-state index >= 15 is 0 Å². The normalized spacial score (nSPS) is 58.2. The van der Waals surface area contributed by atoms with Crippen LogP contribution in [0, 0.1) is 28.6 Å². The molecule has 0 N–H and O–H groups in total. The van der Waals surface area contributed by atoms with Crippen molar-refractivity contribution in [1.29, 1.82) is 0 Å². The smallest absolute Gasteiger partial charge is 0.103 e. The molecule has 4 aliphatic carbocycles. The van der Waals surface area contributed by atoms with Crippen molar-refractivity contribution in [1.82, 2.24) is 0 Å². The number of hydrogen-bond donors (Lipinski definition) is 0. The average molecular weight is 179 g/mol. The summed E-state index contributed by atoms with van der Waals surface area (Å²) in [6.45, 7) is 2.38. The topological polar surface area (TPSA) is 29.4 Å². The van der Waals surface area contributed by atoms with Crippen LogP contribution in [0.2, 0.25) is 0 Å². The summed E-state index contributed by atoms with van der Waals surface area (Å²) in [5, 5.41) is 3.46. The zero-order chi connectivity index (χ0) is 9.05. The summed E-state index contributed by atoms with van der Waals surface area (Å²) in [6, 6.07) is 0. The van der Waals surface area contributed by atoms with E-state index in [0.29, 0.717) is 0 Å². The molecule has 4 fully saturated rings. The molecular weight excluding hydrogens is 162 g/mol. The third kappa shape index (κ3) is 0.947. The molecule has 4 rings (SSSR count). The van der Waals surface area contributed by atoms with Crippen molar-refractivity contribution in [2.45, 2.75) is 44.6 Å². The minimum absolute atomic E-state index is 0.108. The van der Waals surface area contributed by atoms with E-state index in [4.69, 9.17) is 0 Å². The van der Waals surface area contributed by atoms with Crippen LogP contribution < -0.4 is 0 Å². The second-order valence-electron chi connectivity index (χ2n) is 5.64. The Labute approximate surface area is 79.1 Å². The zero-order valence-electron chi connectivity index (χ0n) is 8.20. The molecule has 2 unspecified atom stereocenters. The van der Waals surface area contributed by atoms with Gasteiger partial charge < -0.3 is 0 Å². The molecule has 0 aliphatic heterocycles. The number of hydrogen-bond acceptors (Lipinski definition) is 2. The van der Waals surface area contributed by atoms with Crippen molar-refractivity contribution < 1.29 is 0 Å². The fourth-order valence-corrected chi connectivity index (χ4v) is 4.35. The molecule has 2 atom stereocenters. The maximum absolute atomic E-state index is 10.9. The van der Waals surface area contributed by atoms with Crippen molar-refractivity contribution >= 4 is 0 Å². The first kappa shape index (κ1) is 7.95. The monoisotopic (exact) mass is 179 g/mol. The van der Waals surface area contributed by atoms with Gasteiger partial charge in [-0.15, -0.1) is 0 Å². The summed E-state index contributed by atoms with van der Waals surface area (Å²) in [7, 11) is 0. The first-order valence-corrected chi connectivity index (χ1v) is 5.57. The molecule has 0 heterocycles. The van der Waals surface area contributed by atoms with E-state index in [1.807, 2.05) is 0 Å². The van der Waals surface area contributed by atoms with E-state index in [1.165, 1.54) is 12.8 Å². The lowest BCUT2D eigenvalue weighted by molar-refractivity contribution is -0.0433. The van der Waals surface area contributed by atoms with Crippen LogP contribution in [0.3, 0.4) is 0 Å². The molecule has 0 aromatic carbocycles. The van der Waals surface area contributed by atoms with Crippen LogP contribution in [0.15, 0.2) is 5.18 Å². The maximum atomic E-state index is 10.9. The lowest BCUT2D eigenvalue weighted by Crippen LogP contribution is -2.52. The number of rotatable bonds is 1. The van der Waals surface area contributed by atoms with Crippen LogP contribution in [0.25, 0.3) is 0 Å². The van der Waals surface area contributed by atoms with Gasteiger partial charge in [-0.2, -0.15) is 4.91 Å². The molecule has 2 heteroatoms. The molecule has 4 bridgehead atoms. The molecule has 2 nitrogen and oxygen atoms in total. The standard InChI is InChI=1S/C11H17NO/c1-7-9-2-8-3-10(7)6-11(4-8,5-9)12-13/h7-10H,2-6H2,1H3. The summed E-state index contributed by atoms with van der Waals surface area (Å²) < 4.78 is 0. The van der Waals surface area contributed by atoms with Gasteiger partial charge in [0.15, 0.2) is 0 Å². The van der Waals surface area contributed by atoms with Gasteiger partial charge in [0.25, 0.3) is 0 Å². The van der Waals surface area contributed by atoms with Crippen molar-refractivity contribution in [3.8, 4) is 0 Å². The van der Waals surface area contributed by atoms with Crippen molar-refractivity contribution in [2.75, 3.05) is 0 Å². The highest BCUT2D eigenvalue weighted by atomic mass is 16.3. The van der Waals surface area contributed by atoms with Gasteiger partial charge >= 0.3 is 0 Å². The average Bonchev–Trinajstić information content (AvgIpc) is 2.13. The van der Waals surface area contributed by atoms with Gasteiger partial charge in [0.2, 0.25) is 0 Å². The molecule has 4 aliphatic rings. The number of nitroso groups, excluding NO2 is 1. The van der Waals surface area contributed by atoms with Crippen LogP contribution in [0.5, 0.6) is 0 Å². The van der Waals surface area contributed by atoms with Gasteiger partial charge in [-0.05, 0) is 55.8 Å². The fraction of sp³-hybridized carbons (Fsp3) is 1.00. The first-order chi connectivity index (χ1) is 6.22. The fourth-order valence-electron chi connectivity index (χ4n) is 4.35. The number of nitrogens with zero attached hydrogens (tertiary/aromatic N) is 1. The predicted molar refractivity (Wildman–Crippen MR) is 51.2 cm³/mol. The lowest BCUT2D eigenvalue weighted by atomic mass is 9.49. The van der Waals surface area contributed by atoms with Crippen molar-refractivity contribution in [3.63, 3.8) is 0 Å². The second kappa shape index (κ2) is 2.34. The Kier molecular flexibility index (Phi) is 1.43. The molecule has 0 spiro atoms. The lowest BCUT2D eigenvalue weighted by Gasteiger charge is -2.56. The Morgan fingerprint density at radius 1 is 1.15 bits per heavy atom. The Morgan fingerprint density at radius 3 is 2.31 bits per heavy atom. The van der Waals surface area contributed by atoms with Gasteiger partial charge in [0.05, 0.1) is 0 Å². The minimum Gasteiger partial charge on any atom is -0.150 e. The van der Waals surface area contributed by atoms with Gasteiger partial charge in [0.1, 0.15) is 5.54 Å². The first-order valence-electron chi connectivity index (χ1n) is 5.57. The summed E-state index contributed by atoms with van der Waals surface area (Å²) in [6.07, 6.45) is 6.08. The molecule has 0 radical (unpaired) electrons. The SMILES string of the molecule is CC1C2CC3CC1CC(N=O)(C3)C2. The van der Waals surface area contributed by atoms with E-state index in [-0.39, 0.29) is 5.54 Å². The Hall–Kier alpha value is -0.400. The summed E-state index contributed by atoms with van der Waals surface area (Å²) in [5.74, 6) is 3.35. The van der Waals surface area contributed by atoms with Crippen LogP contribution in [-0.4, -0.2) is 5.54 Å². The predicted octanol–water partition coefficient (Wildman–Crippen LogP) is 2.97. The molecule has 0 aromatic heterocycles. The van der Waals surface area contributed by atoms with E-state index in [9.17, 15) is 4.91 Å². The van der Waals surface area contributed by atoms with Crippen LogP contribution in [0.4, 0.5) is 0 Å². The van der Waals surface area contributed by atoms with E-state index < -0.39 is 0 Å².